The first kappa shape index (κ1) is 13.5. The number of nitrogens with zero attached hydrogens (tertiary/aromatic N) is 2. The quantitative estimate of drug-likeness (QED) is 0.836. The maximum absolute atomic E-state index is 11.9. The summed E-state index contributed by atoms with van der Waals surface area (Å²) in [5, 5.41) is 9.26. The zero-order valence-electron chi connectivity index (χ0n) is 10.9. The number of nitrogens with one attached hydrogen (secondary N) is 2. The molecule has 1 saturated heterocycles. The Kier molecular flexibility index (Phi) is 4.68. The van der Waals surface area contributed by atoms with E-state index in [9.17, 15) is 4.79 Å². The Morgan fingerprint density at radius 1 is 1.61 bits per heavy atom. The maximum Gasteiger partial charge on any atom is 0.234 e. The van der Waals surface area contributed by atoms with Crippen molar-refractivity contribution < 1.29 is 4.79 Å². The van der Waals surface area contributed by atoms with E-state index in [-0.39, 0.29) is 11.9 Å². The monoisotopic (exact) mass is 268 g/mol. The number of piperazine rings is 1. The lowest BCUT2D eigenvalue weighted by molar-refractivity contribution is -0.123. The van der Waals surface area contributed by atoms with Gasteiger partial charge in [-0.15, -0.1) is 11.3 Å². The van der Waals surface area contributed by atoms with Crippen LogP contribution in [0.25, 0.3) is 0 Å². The summed E-state index contributed by atoms with van der Waals surface area (Å²) in [6.45, 7) is 8.25. The number of hydrogen-bond acceptors (Lipinski definition) is 5. The molecule has 6 heteroatoms. The van der Waals surface area contributed by atoms with Crippen molar-refractivity contribution in [2.45, 2.75) is 19.9 Å². The molecule has 2 rings (SSSR count). The fourth-order valence-electron chi connectivity index (χ4n) is 1.99. The van der Waals surface area contributed by atoms with Gasteiger partial charge in [-0.25, -0.2) is 4.98 Å². The van der Waals surface area contributed by atoms with E-state index in [0.29, 0.717) is 6.54 Å². The molecular formula is C12H20N4OS. The highest BCUT2D eigenvalue weighted by Gasteiger charge is 2.16. The molecule has 0 bridgehead atoms. The van der Waals surface area contributed by atoms with Crippen LogP contribution in [0.15, 0.2) is 5.38 Å². The average Bonchev–Trinajstić information content (AvgIpc) is 2.77. The predicted octanol–water partition coefficient (Wildman–Crippen LogP) is 0.534. The normalized spacial score (nSPS) is 18.6. The number of thiazole rings is 1. The molecule has 0 radical (unpaired) electrons. The largest absolute Gasteiger partial charge is 0.346 e. The van der Waals surface area contributed by atoms with Crippen molar-refractivity contribution in [1.29, 1.82) is 0 Å². The predicted molar refractivity (Wildman–Crippen MR) is 72.7 cm³/mol. The van der Waals surface area contributed by atoms with E-state index in [1.54, 1.807) is 11.3 Å². The molecule has 5 nitrogen and oxygen atoms in total. The van der Waals surface area contributed by atoms with E-state index in [1.165, 1.54) is 0 Å². The van der Waals surface area contributed by atoms with E-state index in [4.69, 9.17) is 0 Å². The van der Waals surface area contributed by atoms with Crippen molar-refractivity contribution in [2.75, 3.05) is 32.7 Å². The van der Waals surface area contributed by atoms with Crippen LogP contribution in [0.3, 0.4) is 0 Å². The first-order valence-corrected chi connectivity index (χ1v) is 7.17. The summed E-state index contributed by atoms with van der Waals surface area (Å²) in [5.41, 5.74) is 1.01. The van der Waals surface area contributed by atoms with Gasteiger partial charge in [0.25, 0.3) is 0 Å². The van der Waals surface area contributed by atoms with Crippen molar-refractivity contribution in [3.8, 4) is 0 Å². The zero-order valence-corrected chi connectivity index (χ0v) is 11.7. The van der Waals surface area contributed by atoms with Crippen LogP contribution in [-0.4, -0.2) is 48.5 Å². The van der Waals surface area contributed by atoms with Crippen molar-refractivity contribution in [1.82, 2.24) is 20.5 Å². The second-order valence-electron chi connectivity index (χ2n) is 4.64. The lowest BCUT2D eigenvalue weighted by Gasteiger charge is -2.26. The molecular weight excluding hydrogens is 248 g/mol. The Hall–Kier alpha value is -0.980. The lowest BCUT2D eigenvalue weighted by Crippen LogP contribution is -2.47. The number of amides is 1. The van der Waals surface area contributed by atoms with Crippen molar-refractivity contribution in [3.05, 3.63) is 16.1 Å². The lowest BCUT2D eigenvalue weighted by atomic mass is 10.3. The molecule has 1 aromatic heterocycles. The molecule has 1 aliphatic heterocycles. The molecule has 1 aromatic rings. The summed E-state index contributed by atoms with van der Waals surface area (Å²) >= 11 is 1.60. The minimum absolute atomic E-state index is 0.000819. The highest BCUT2D eigenvalue weighted by Crippen LogP contribution is 2.17. The van der Waals surface area contributed by atoms with E-state index in [0.717, 1.165) is 36.9 Å². The molecule has 1 fully saturated rings. The van der Waals surface area contributed by atoms with Crippen LogP contribution < -0.4 is 10.6 Å². The second kappa shape index (κ2) is 6.26. The van der Waals surface area contributed by atoms with Crippen molar-refractivity contribution >= 4 is 17.2 Å². The Morgan fingerprint density at radius 2 is 2.33 bits per heavy atom. The van der Waals surface area contributed by atoms with Crippen molar-refractivity contribution in [2.24, 2.45) is 0 Å². The van der Waals surface area contributed by atoms with Gasteiger partial charge in [-0.2, -0.15) is 0 Å². The smallest absolute Gasteiger partial charge is 0.234 e. The summed E-state index contributed by atoms with van der Waals surface area (Å²) in [6.07, 6.45) is 0. The standard InChI is InChI=1S/C12H20N4OS/c1-9-8-18-12(14-9)10(2)15-11(17)7-16-5-3-13-4-6-16/h8,10,13H,3-7H2,1-2H3,(H,15,17). The van der Waals surface area contributed by atoms with Crippen LogP contribution in [0.4, 0.5) is 0 Å². The second-order valence-corrected chi connectivity index (χ2v) is 5.53. The van der Waals surface area contributed by atoms with Crippen LogP contribution in [-0.2, 0) is 4.79 Å². The fraction of sp³-hybridized carbons (Fsp3) is 0.667. The van der Waals surface area contributed by atoms with Crippen LogP contribution in [0.1, 0.15) is 23.7 Å². The van der Waals surface area contributed by atoms with E-state index in [2.05, 4.69) is 20.5 Å². The molecule has 0 aliphatic carbocycles. The average molecular weight is 268 g/mol. The van der Waals surface area contributed by atoms with Gasteiger partial charge < -0.3 is 10.6 Å². The van der Waals surface area contributed by atoms with E-state index in [1.807, 2.05) is 19.2 Å². The van der Waals surface area contributed by atoms with Crippen LogP contribution in [0.2, 0.25) is 0 Å². The molecule has 0 aromatic carbocycles. The van der Waals surface area contributed by atoms with E-state index < -0.39 is 0 Å². The SMILES string of the molecule is Cc1csc(C(C)NC(=O)CN2CCNCC2)n1. The van der Waals surface area contributed by atoms with Crippen molar-refractivity contribution in [3.63, 3.8) is 0 Å². The number of aromatic nitrogens is 1. The molecule has 18 heavy (non-hydrogen) atoms. The number of carbonyl (C=O) groups is 1. The minimum Gasteiger partial charge on any atom is -0.346 e. The van der Waals surface area contributed by atoms with Crippen LogP contribution in [0.5, 0.6) is 0 Å². The molecule has 0 saturated carbocycles. The van der Waals surface area contributed by atoms with Gasteiger partial charge in [-0.05, 0) is 13.8 Å². The summed E-state index contributed by atoms with van der Waals surface area (Å²) in [5.74, 6) is 0.0808. The molecule has 100 valence electrons. The highest BCUT2D eigenvalue weighted by atomic mass is 32.1. The Labute approximate surface area is 112 Å². The Balaban J connectivity index is 1.79. The Bertz CT molecular complexity index is 401. The van der Waals surface area contributed by atoms with Crippen LogP contribution in [0, 0.1) is 6.92 Å². The maximum atomic E-state index is 11.9. The molecule has 1 unspecified atom stereocenters. The van der Waals surface area contributed by atoms with Gasteiger partial charge in [0, 0.05) is 37.3 Å². The van der Waals surface area contributed by atoms with Gasteiger partial charge in [-0.1, -0.05) is 0 Å². The first-order chi connectivity index (χ1) is 8.65. The molecule has 0 spiro atoms. The number of aryl methyl sites for hydroxylation is 1. The molecule has 2 heterocycles. The number of rotatable bonds is 4. The summed E-state index contributed by atoms with van der Waals surface area (Å²) in [7, 11) is 0. The zero-order chi connectivity index (χ0) is 13.0. The third-order valence-corrected chi connectivity index (χ3v) is 4.11. The summed E-state index contributed by atoms with van der Waals surface area (Å²) < 4.78 is 0. The van der Waals surface area contributed by atoms with Gasteiger partial charge in [0.15, 0.2) is 0 Å². The van der Waals surface area contributed by atoms with Gasteiger partial charge in [0.2, 0.25) is 5.91 Å². The minimum atomic E-state index is -0.000819. The summed E-state index contributed by atoms with van der Waals surface area (Å²) in [4.78, 5) is 18.5. The highest BCUT2D eigenvalue weighted by molar-refractivity contribution is 7.09. The van der Waals surface area contributed by atoms with Crippen LogP contribution >= 0.6 is 11.3 Å². The molecule has 1 aliphatic rings. The topological polar surface area (TPSA) is 57.3 Å². The third-order valence-electron chi connectivity index (χ3n) is 2.96. The van der Waals surface area contributed by atoms with E-state index >= 15 is 0 Å². The van der Waals surface area contributed by atoms with Gasteiger partial charge >= 0.3 is 0 Å². The number of carbonyl (C=O) groups excluding carboxylic acids is 1. The third kappa shape index (κ3) is 3.76. The molecule has 2 N–H and O–H groups in total. The van der Waals surface area contributed by atoms with Gasteiger partial charge in [0.1, 0.15) is 5.01 Å². The summed E-state index contributed by atoms with van der Waals surface area (Å²) in [6, 6.07) is -0.000819. The molecule has 1 atom stereocenters. The Morgan fingerprint density at radius 3 is 2.94 bits per heavy atom. The van der Waals surface area contributed by atoms with Gasteiger partial charge in [-0.3, -0.25) is 9.69 Å². The molecule has 1 amide bonds. The first-order valence-electron chi connectivity index (χ1n) is 6.29. The number of hydrogen-bond donors (Lipinski definition) is 2. The fourth-order valence-corrected chi connectivity index (χ4v) is 2.80. The van der Waals surface area contributed by atoms with Gasteiger partial charge in [0.05, 0.1) is 12.6 Å².